The molecule has 0 bridgehead atoms. The zero-order chi connectivity index (χ0) is 15.2. The van der Waals surface area contributed by atoms with Gasteiger partial charge in [-0.15, -0.1) is 0 Å². The van der Waals surface area contributed by atoms with Crippen LogP contribution in [-0.2, 0) is 4.79 Å². The van der Waals surface area contributed by atoms with E-state index in [9.17, 15) is 9.59 Å². The second-order valence-corrected chi connectivity index (χ2v) is 4.64. The zero-order valence-corrected chi connectivity index (χ0v) is 11.8. The molecule has 0 spiro atoms. The lowest BCUT2D eigenvalue weighted by molar-refractivity contribution is -0.120. The summed E-state index contributed by atoms with van der Waals surface area (Å²) >= 11 is 0. The Morgan fingerprint density at radius 2 is 1.90 bits per heavy atom. The van der Waals surface area contributed by atoms with Crippen molar-refractivity contribution in [3.8, 4) is 0 Å². The molecule has 21 heavy (non-hydrogen) atoms. The summed E-state index contributed by atoms with van der Waals surface area (Å²) < 4.78 is 0. The Balaban J connectivity index is 2.13. The van der Waals surface area contributed by atoms with Crippen LogP contribution in [0.5, 0.6) is 0 Å². The number of carbonyl (C=O) groups excluding carboxylic acids is 2. The smallest absolute Gasteiger partial charge is 0.253 e. The molecule has 2 rings (SSSR count). The first-order valence-electron chi connectivity index (χ1n) is 6.81. The van der Waals surface area contributed by atoms with Crippen molar-refractivity contribution in [2.75, 3.05) is 18.8 Å². The molecule has 1 aromatic heterocycles. The molecule has 0 saturated heterocycles. The summed E-state index contributed by atoms with van der Waals surface area (Å²) in [5.41, 5.74) is 6.20. The van der Waals surface area contributed by atoms with E-state index in [1.807, 2.05) is 25.1 Å². The van der Waals surface area contributed by atoms with E-state index in [4.69, 9.17) is 5.73 Å². The molecule has 0 unspecified atom stereocenters. The standard InChI is InChI=1S/C15H18N4O2/c1-2-7-17-13(20)9-19-15(21)12-8-18-14(16)11-6-4-3-5-10(11)12/h3-6,8H,2,7,9H2,1H3,(H2,16,18)(H,17,20)(H,19,21). The van der Waals surface area contributed by atoms with Gasteiger partial charge >= 0.3 is 0 Å². The van der Waals surface area contributed by atoms with Crippen LogP contribution >= 0.6 is 0 Å². The van der Waals surface area contributed by atoms with Crippen LogP contribution in [-0.4, -0.2) is 29.9 Å². The predicted molar refractivity (Wildman–Crippen MR) is 81.8 cm³/mol. The van der Waals surface area contributed by atoms with Crippen LogP contribution < -0.4 is 16.4 Å². The van der Waals surface area contributed by atoms with Crippen molar-refractivity contribution in [3.63, 3.8) is 0 Å². The third kappa shape index (κ3) is 3.47. The third-order valence-corrected chi connectivity index (χ3v) is 3.05. The largest absolute Gasteiger partial charge is 0.383 e. The lowest BCUT2D eigenvalue weighted by Gasteiger charge is -2.09. The lowest BCUT2D eigenvalue weighted by atomic mass is 10.1. The van der Waals surface area contributed by atoms with Crippen molar-refractivity contribution in [3.05, 3.63) is 36.0 Å². The SMILES string of the molecule is CCCNC(=O)CNC(=O)c1cnc(N)c2ccccc12. The van der Waals surface area contributed by atoms with Gasteiger partial charge in [-0.3, -0.25) is 9.59 Å². The summed E-state index contributed by atoms with van der Waals surface area (Å²) in [6.07, 6.45) is 2.28. The Bertz CT molecular complexity index is 670. The Morgan fingerprint density at radius 1 is 1.19 bits per heavy atom. The van der Waals surface area contributed by atoms with Crippen LogP contribution in [0, 0.1) is 0 Å². The van der Waals surface area contributed by atoms with Gasteiger partial charge in [-0.05, 0) is 11.8 Å². The van der Waals surface area contributed by atoms with Gasteiger partial charge in [-0.25, -0.2) is 4.98 Å². The number of aromatic nitrogens is 1. The van der Waals surface area contributed by atoms with E-state index < -0.39 is 0 Å². The molecule has 1 heterocycles. The van der Waals surface area contributed by atoms with E-state index in [0.717, 1.165) is 17.2 Å². The highest BCUT2D eigenvalue weighted by atomic mass is 16.2. The molecule has 0 radical (unpaired) electrons. The average molecular weight is 286 g/mol. The summed E-state index contributed by atoms with van der Waals surface area (Å²) in [6.45, 7) is 2.50. The van der Waals surface area contributed by atoms with Crippen molar-refractivity contribution in [1.82, 2.24) is 15.6 Å². The normalized spacial score (nSPS) is 10.3. The second-order valence-electron chi connectivity index (χ2n) is 4.64. The van der Waals surface area contributed by atoms with Gasteiger partial charge in [0, 0.05) is 18.1 Å². The fraction of sp³-hybridized carbons (Fsp3) is 0.267. The second kappa shape index (κ2) is 6.69. The van der Waals surface area contributed by atoms with Crippen LogP contribution in [0.1, 0.15) is 23.7 Å². The van der Waals surface area contributed by atoms with Crippen molar-refractivity contribution < 1.29 is 9.59 Å². The molecular formula is C15H18N4O2. The number of rotatable bonds is 5. The molecule has 4 N–H and O–H groups in total. The van der Waals surface area contributed by atoms with E-state index in [1.165, 1.54) is 6.20 Å². The van der Waals surface area contributed by atoms with Crippen LogP contribution in [0.2, 0.25) is 0 Å². The number of benzene rings is 1. The number of nitrogens with two attached hydrogens (primary N) is 1. The molecule has 0 saturated carbocycles. The number of nitrogens with one attached hydrogen (secondary N) is 2. The summed E-state index contributed by atoms with van der Waals surface area (Å²) in [7, 11) is 0. The van der Waals surface area contributed by atoms with Crippen molar-refractivity contribution in [2.24, 2.45) is 0 Å². The molecule has 0 atom stereocenters. The van der Waals surface area contributed by atoms with E-state index in [-0.39, 0.29) is 18.4 Å². The number of anilines is 1. The van der Waals surface area contributed by atoms with E-state index in [1.54, 1.807) is 6.07 Å². The van der Waals surface area contributed by atoms with Gasteiger partial charge in [0.05, 0.1) is 12.1 Å². The number of hydrogen-bond acceptors (Lipinski definition) is 4. The summed E-state index contributed by atoms with van der Waals surface area (Å²) in [6, 6.07) is 7.27. The number of amides is 2. The number of hydrogen-bond donors (Lipinski definition) is 3. The van der Waals surface area contributed by atoms with Gasteiger partial charge in [-0.1, -0.05) is 31.2 Å². The molecule has 0 fully saturated rings. The van der Waals surface area contributed by atoms with Gasteiger partial charge in [0.25, 0.3) is 5.91 Å². The maximum absolute atomic E-state index is 12.2. The fourth-order valence-corrected chi connectivity index (χ4v) is 1.98. The highest BCUT2D eigenvalue weighted by Crippen LogP contribution is 2.22. The number of carbonyl (C=O) groups is 2. The molecule has 2 aromatic rings. The van der Waals surface area contributed by atoms with E-state index in [0.29, 0.717) is 17.9 Å². The van der Waals surface area contributed by atoms with Gasteiger partial charge < -0.3 is 16.4 Å². The third-order valence-electron chi connectivity index (χ3n) is 3.05. The Labute approximate surface area is 122 Å². The Morgan fingerprint density at radius 3 is 2.62 bits per heavy atom. The van der Waals surface area contributed by atoms with Crippen molar-refractivity contribution in [1.29, 1.82) is 0 Å². The fourth-order valence-electron chi connectivity index (χ4n) is 1.98. The minimum absolute atomic E-state index is 0.0580. The summed E-state index contributed by atoms with van der Waals surface area (Å²) in [5.74, 6) is -0.175. The lowest BCUT2D eigenvalue weighted by Crippen LogP contribution is -2.37. The van der Waals surface area contributed by atoms with Crippen LogP contribution in [0.4, 0.5) is 5.82 Å². The first-order chi connectivity index (χ1) is 10.1. The molecule has 0 aliphatic rings. The minimum atomic E-state index is -0.342. The molecule has 6 nitrogen and oxygen atoms in total. The minimum Gasteiger partial charge on any atom is -0.383 e. The molecule has 1 aromatic carbocycles. The Kier molecular flexibility index (Phi) is 4.71. The number of nitrogens with zero attached hydrogens (tertiary/aromatic N) is 1. The molecule has 110 valence electrons. The summed E-state index contributed by atoms with van der Waals surface area (Å²) in [4.78, 5) is 27.7. The summed E-state index contributed by atoms with van der Waals surface area (Å²) in [5, 5.41) is 6.73. The van der Waals surface area contributed by atoms with Crippen LogP contribution in [0.15, 0.2) is 30.5 Å². The first-order valence-corrected chi connectivity index (χ1v) is 6.81. The Hall–Kier alpha value is -2.63. The van der Waals surface area contributed by atoms with Gasteiger partial charge in [-0.2, -0.15) is 0 Å². The highest BCUT2D eigenvalue weighted by molar-refractivity contribution is 6.09. The van der Waals surface area contributed by atoms with Gasteiger partial charge in [0.15, 0.2) is 0 Å². The van der Waals surface area contributed by atoms with Crippen molar-refractivity contribution >= 4 is 28.4 Å². The predicted octanol–water partition coefficient (Wildman–Crippen LogP) is 1.07. The van der Waals surface area contributed by atoms with E-state index >= 15 is 0 Å². The highest BCUT2D eigenvalue weighted by Gasteiger charge is 2.13. The quantitative estimate of drug-likeness (QED) is 0.766. The van der Waals surface area contributed by atoms with Crippen LogP contribution in [0.3, 0.4) is 0 Å². The maximum atomic E-state index is 12.2. The monoisotopic (exact) mass is 286 g/mol. The molecule has 0 aliphatic heterocycles. The average Bonchev–Trinajstić information content (AvgIpc) is 2.51. The number of nitrogen functional groups attached to an aromatic ring is 1. The van der Waals surface area contributed by atoms with E-state index in [2.05, 4.69) is 15.6 Å². The molecular weight excluding hydrogens is 268 g/mol. The molecule has 2 amide bonds. The first kappa shape index (κ1) is 14.8. The molecule has 6 heteroatoms. The maximum Gasteiger partial charge on any atom is 0.253 e. The van der Waals surface area contributed by atoms with Crippen molar-refractivity contribution in [2.45, 2.75) is 13.3 Å². The molecule has 0 aliphatic carbocycles. The number of pyridine rings is 1. The number of fused-ring (bicyclic) bond motifs is 1. The van der Waals surface area contributed by atoms with Gasteiger partial charge in [0.1, 0.15) is 5.82 Å². The topological polar surface area (TPSA) is 97.1 Å². The van der Waals surface area contributed by atoms with Gasteiger partial charge in [0.2, 0.25) is 5.91 Å². The van der Waals surface area contributed by atoms with Crippen LogP contribution in [0.25, 0.3) is 10.8 Å². The zero-order valence-electron chi connectivity index (χ0n) is 11.8.